The monoisotopic (exact) mass is 332 g/mol. The zero-order valence-corrected chi connectivity index (χ0v) is 14.6. The molecule has 0 bridgehead atoms. The predicted octanol–water partition coefficient (Wildman–Crippen LogP) is 2.06. The molecule has 0 aliphatic carbocycles. The average Bonchev–Trinajstić information content (AvgIpc) is 2.59. The van der Waals surface area contributed by atoms with Crippen LogP contribution in [0.3, 0.4) is 0 Å². The highest BCUT2D eigenvalue weighted by atomic mass is 16.5. The molecule has 5 nitrogen and oxygen atoms in total. The van der Waals surface area contributed by atoms with E-state index in [1.807, 2.05) is 26.0 Å². The van der Waals surface area contributed by atoms with Gasteiger partial charge in [0.15, 0.2) is 0 Å². The number of aliphatic hydroxyl groups is 1. The summed E-state index contributed by atoms with van der Waals surface area (Å²) in [5, 5.41) is 12.5. The predicted molar refractivity (Wildman–Crippen MR) is 97.0 cm³/mol. The largest absolute Gasteiger partial charge is 0.391 e. The molecule has 1 fully saturated rings. The van der Waals surface area contributed by atoms with E-state index in [0.29, 0.717) is 12.3 Å². The van der Waals surface area contributed by atoms with Crippen LogP contribution in [-0.2, 0) is 9.53 Å². The smallest absolute Gasteiger partial charge is 0.244 e. The van der Waals surface area contributed by atoms with Gasteiger partial charge in [0, 0.05) is 31.4 Å². The van der Waals surface area contributed by atoms with Gasteiger partial charge in [-0.1, -0.05) is 26.0 Å². The number of hydrogen-bond acceptors (Lipinski definition) is 4. The van der Waals surface area contributed by atoms with E-state index in [1.54, 1.807) is 6.08 Å². The van der Waals surface area contributed by atoms with Crippen molar-refractivity contribution in [3.63, 3.8) is 0 Å². The van der Waals surface area contributed by atoms with Crippen molar-refractivity contribution in [2.24, 2.45) is 5.92 Å². The summed E-state index contributed by atoms with van der Waals surface area (Å²) in [6, 6.07) is 8.13. The Balaban J connectivity index is 1.79. The van der Waals surface area contributed by atoms with E-state index in [1.165, 1.54) is 11.8 Å². The number of hydrogen-bond donors (Lipinski definition) is 2. The number of rotatable bonds is 7. The molecule has 1 atom stereocenters. The summed E-state index contributed by atoms with van der Waals surface area (Å²) in [6.07, 6.45) is 3.49. The first-order valence-electron chi connectivity index (χ1n) is 8.61. The van der Waals surface area contributed by atoms with Crippen LogP contribution in [0.5, 0.6) is 0 Å². The molecular formula is C19H28N2O3. The minimum Gasteiger partial charge on any atom is -0.391 e. The van der Waals surface area contributed by atoms with Crippen LogP contribution in [0, 0.1) is 5.92 Å². The number of carbonyl (C=O) groups is 1. The van der Waals surface area contributed by atoms with Gasteiger partial charge in [-0.2, -0.15) is 0 Å². The zero-order chi connectivity index (χ0) is 17.4. The third-order valence-corrected chi connectivity index (χ3v) is 3.95. The van der Waals surface area contributed by atoms with Crippen molar-refractivity contribution in [3.8, 4) is 0 Å². The molecule has 1 amide bonds. The van der Waals surface area contributed by atoms with Crippen LogP contribution in [0.1, 0.15) is 25.8 Å². The lowest BCUT2D eigenvalue weighted by Gasteiger charge is -2.28. The van der Waals surface area contributed by atoms with E-state index in [4.69, 9.17) is 4.74 Å². The van der Waals surface area contributed by atoms with E-state index in [-0.39, 0.29) is 12.5 Å². The molecule has 0 spiro atoms. The topological polar surface area (TPSA) is 61.8 Å². The normalized spacial score (nSPS) is 16.6. The fraction of sp³-hybridized carbons (Fsp3) is 0.526. The van der Waals surface area contributed by atoms with Crippen molar-refractivity contribution in [2.45, 2.75) is 26.4 Å². The quantitative estimate of drug-likeness (QED) is 0.750. The Labute approximate surface area is 144 Å². The van der Waals surface area contributed by atoms with Gasteiger partial charge in [-0.05, 0) is 36.1 Å². The maximum absolute atomic E-state index is 11.8. The third-order valence-electron chi connectivity index (χ3n) is 3.95. The number of ether oxygens (including phenoxy) is 1. The zero-order valence-electron chi connectivity index (χ0n) is 14.6. The maximum atomic E-state index is 11.8. The summed E-state index contributed by atoms with van der Waals surface area (Å²) in [5.74, 6) is 0.229. The highest BCUT2D eigenvalue weighted by Gasteiger charge is 2.10. The van der Waals surface area contributed by atoms with Crippen LogP contribution >= 0.6 is 0 Å². The summed E-state index contributed by atoms with van der Waals surface area (Å²) in [7, 11) is 0. The Morgan fingerprint density at radius 1 is 1.29 bits per heavy atom. The second-order valence-corrected chi connectivity index (χ2v) is 6.55. The lowest BCUT2D eigenvalue weighted by atomic mass is 10.1. The minimum absolute atomic E-state index is 0.185. The Bertz CT molecular complexity index is 534. The summed E-state index contributed by atoms with van der Waals surface area (Å²) in [5.41, 5.74) is 2.15. The number of aliphatic hydroxyl groups excluding tert-OH is 1. The second kappa shape index (κ2) is 9.45. The third kappa shape index (κ3) is 6.34. The van der Waals surface area contributed by atoms with Gasteiger partial charge >= 0.3 is 0 Å². The summed E-state index contributed by atoms with van der Waals surface area (Å²) in [4.78, 5) is 14.1. The van der Waals surface area contributed by atoms with Crippen LogP contribution in [0.25, 0.3) is 6.08 Å². The van der Waals surface area contributed by atoms with Gasteiger partial charge < -0.3 is 20.1 Å². The molecule has 0 radical (unpaired) electrons. The summed E-state index contributed by atoms with van der Waals surface area (Å²) >= 11 is 0. The number of carbonyl (C=O) groups excluding carboxylic acids is 1. The van der Waals surface area contributed by atoms with Gasteiger partial charge in [-0.25, -0.2) is 0 Å². The van der Waals surface area contributed by atoms with Gasteiger partial charge in [0.05, 0.1) is 19.3 Å². The highest BCUT2D eigenvalue weighted by molar-refractivity contribution is 5.91. The molecule has 132 valence electrons. The Kier molecular flexibility index (Phi) is 7.28. The van der Waals surface area contributed by atoms with Gasteiger partial charge in [0.25, 0.3) is 0 Å². The van der Waals surface area contributed by atoms with Crippen LogP contribution in [0.4, 0.5) is 5.69 Å². The van der Waals surface area contributed by atoms with Crippen molar-refractivity contribution in [1.82, 2.24) is 5.32 Å². The minimum atomic E-state index is -0.491. The fourth-order valence-electron chi connectivity index (χ4n) is 2.69. The van der Waals surface area contributed by atoms with Crippen LogP contribution in [0.2, 0.25) is 0 Å². The molecule has 1 aliphatic heterocycles. The molecule has 1 aliphatic rings. The molecule has 2 rings (SSSR count). The van der Waals surface area contributed by atoms with Gasteiger partial charge in [-0.3, -0.25) is 4.79 Å². The van der Waals surface area contributed by atoms with E-state index in [0.717, 1.165) is 31.9 Å². The van der Waals surface area contributed by atoms with Gasteiger partial charge in [0.2, 0.25) is 5.91 Å². The Morgan fingerprint density at radius 2 is 1.96 bits per heavy atom. The summed E-state index contributed by atoms with van der Waals surface area (Å²) < 4.78 is 5.36. The molecule has 1 aromatic rings. The molecule has 1 aromatic carbocycles. The van der Waals surface area contributed by atoms with E-state index < -0.39 is 6.10 Å². The van der Waals surface area contributed by atoms with Crippen molar-refractivity contribution in [1.29, 1.82) is 0 Å². The summed E-state index contributed by atoms with van der Waals surface area (Å²) in [6.45, 7) is 7.75. The average molecular weight is 332 g/mol. The second-order valence-electron chi connectivity index (χ2n) is 6.55. The molecular weight excluding hydrogens is 304 g/mol. The number of nitrogens with zero attached hydrogens (tertiary/aromatic N) is 1. The van der Waals surface area contributed by atoms with Crippen LogP contribution in [0.15, 0.2) is 30.3 Å². The SMILES string of the molecule is CC(C)CC(O)CNC(=O)/C=C/c1ccc(N2CCOCC2)cc1. The molecule has 1 heterocycles. The van der Waals surface area contributed by atoms with Crippen molar-refractivity contribution in [3.05, 3.63) is 35.9 Å². The lowest BCUT2D eigenvalue weighted by molar-refractivity contribution is -0.116. The van der Waals surface area contributed by atoms with E-state index in [2.05, 4.69) is 22.3 Å². The van der Waals surface area contributed by atoms with Crippen LogP contribution < -0.4 is 10.2 Å². The number of benzene rings is 1. The first kappa shape index (κ1) is 18.5. The molecule has 0 aromatic heterocycles. The Hall–Kier alpha value is -1.85. The molecule has 0 saturated carbocycles. The van der Waals surface area contributed by atoms with Crippen molar-refractivity contribution in [2.75, 3.05) is 37.7 Å². The highest BCUT2D eigenvalue weighted by Crippen LogP contribution is 2.17. The van der Waals surface area contributed by atoms with Crippen molar-refractivity contribution < 1.29 is 14.6 Å². The first-order valence-corrected chi connectivity index (χ1v) is 8.61. The lowest BCUT2D eigenvalue weighted by Crippen LogP contribution is -2.36. The number of nitrogens with one attached hydrogen (secondary N) is 1. The molecule has 1 unspecified atom stereocenters. The molecule has 5 heteroatoms. The van der Waals surface area contributed by atoms with Crippen molar-refractivity contribution >= 4 is 17.7 Å². The maximum Gasteiger partial charge on any atom is 0.244 e. The Morgan fingerprint density at radius 3 is 2.58 bits per heavy atom. The first-order chi connectivity index (χ1) is 11.5. The number of anilines is 1. The number of morpholine rings is 1. The fourth-order valence-corrected chi connectivity index (χ4v) is 2.69. The molecule has 1 saturated heterocycles. The van der Waals surface area contributed by atoms with E-state index in [9.17, 15) is 9.90 Å². The molecule has 2 N–H and O–H groups in total. The standard InChI is InChI=1S/C19H28N2O3/c1-15(2)13-18(22)14-20-19(23)8-5-16-3-6-17(7-4-16)21-9-11-24-12-10-21/h3-8,15,18,22H,9-14H2,1-2H3,(H,20,23)/b8-5+. The molecule has 24 heavy (non-hydrogen) atoms. The van der Waals surface area contributed by atoms with E-state index >= 15 is 0 Å². The number of amides is 1. The van der Waals surface area contributed by atoms with Gasteiger partial charge in [0.1, 0.15) is 0 Å². The van der Waals surface area contributed by atoms with Crippen LogP contribution in [-0.4, -0.2) is 50.0 Å². The van der Waals surface area contributed by atoms with Gasteiger partial charge in [-0.15, -0.1) is 0 Å².